The van der Waals surface area contributed by atoms with E-state index in [4.69, 9.17) is 0 Å². The van der Waals surface area contributed by atoms with Crippen molar-refractivity contribution in [2.24, 2.45) is 0 Å². The second kappa shape index (κ2) is 6.01. The van der Waals surface area contributed by atoms with E-state index in [9.17, 15) is 10.1 Å². The van der Waals surface area contributed by atoms with Crippen molar-refractivity contribution in [3.05, 3.63) is 77.4 Å². The van der Waals surface area contributed by atoms with Gasteiger partial charge in [-0.25, -0.2) is 0 Å². The number of nitro groups is 1. The van der Waals surface area contributed by atoms with E-state index in [0.717, 1.165) is 11.1 Å². The van der Waals surface area contributed by atoms with Gasteiger partial charge in [0.05, 0.1) is 16.8 Å². The van der Waals surface area contributed by atoms with Crippen molar-refractivity contribution in [2.45, 2.75) is 0 Å². The van der Waals surface area contributed by atoms with Gasteiger partial charge in [0, 0.05) is 35.8 Å². The summed E-state index contributed by atoms with van der Waals surface area (Å²) < 4.78 is 0. The Morgan fingerprint density at radius 2 is 1.77 bits per heavy atom. The maximum absolute atomic E-state index is 11.0. The molecule has 108 valence electrons. The molecule has 1 N–H and O–H groups in total. The van der Waals surface area contributed by atoms with Crippen LogP contribution in [0, 0.1) is 10.1 Å². The Bertz CT molecular complexity index is 806. The van der Waals surface area contributed by atoms with Gasteiger partial charge >= 0.3 is 0 Å². The number of nitrogens with zero attached hydrogens (tertiary/aromatic N) is 3. The van der Waals surface area contributed by atoms with Crippen LogP contribution in [0.25, 0.3) is 11.1 Å². The molecule has 2 aromatic heterocycles. The van der Waals surface area contributed by atoms with E-state index in [1.54, 1.807) is 43.0 Å². The third-order valence-corrected chi connectivity index (χ3v) is 3.11. The van der Waals surface area contributed by atoms with Crippen LogP contribution in [-0.2, 0) is 0 Å². The maximum Gasteiger partial charge on any atom is 0.292 e. The summed E-state index contributed by atoms with van der Waals surface area (Å²) in [5.41, 5.74) is 2.94. The second-order valence-corrected chi connectivity index (χ2v) is 4.60. The molecule has 0 bridgehead atoms. The van der Waals surface area contributed by atoms with Crippen LogP contribution in [0.2, 0.25) is 0 Å². The monoisotopic (exact) mass is 292 g/mol. The van der Waals surface area contributed by atoms with Crippen LogP contribution in [0.1, 0.15) is 0 Å². The predicted molar refractivity (Wildman–Crippen MR) is 83.8 cm³/mol. The Kier molecular flexibility index (Phi) is 3.74. The van der Waals surface area contributed by atoms with Crippen LogP contribution in [0.4, 0.5) is 17.1 Å². The van der Waals surface area contributed by atoms with Crippen LogP contribution in [0.3, 0.4) is 0 Å². The van der Waals surface area contributed by atoms with E-state index in [1.807, 2.05) is 18.2 Å². The average molecular weight is 292 g/mol. The second-order valence-electron chi connectivity index (χ2n) is 4.60. The number of pyridine rings is 2. The number of anilines is 2. The van der Waals surface area contributed by atoms with E-state index in [1.165, 1.54) is 6.07 Å². The zero-order valence-corrected chi connectivity index (χ0v) is 11.5. The maximum atomic E-state index is 11.0. The molecule has 1 aromatic carbocycles. The van der Waals surface area contributed by atoms with Gasteiger partial charge in [0.1, 0.15) is 5.69 Å². The van der Waals surface area contributed by atoms with Crippen molar-refractivity contribution in [3.8, 4) is 11.1 Å². The molecule has 22 heavy (non-hydrogen) atoms. The number of para-hydroxylation sites is 2. The lowest BCUT2D eigenvalue weighted by atomic mass is 10.1. The number of nitrogens with one attached hydrogen (secondary N) is 1. The molecular weight excluding hydrogens is 280 g/mol. The zero-order valence-electron chi connectivity index (χ0n) is 11.5. The van der Waals surface area contributed by atoms with E-state index in [2.05, 4.69) is 15.3 Å². The molecule has 3 rings (SSSR count). The van der Waals surface area contributed by atoms with Gasteiger partial charge < -0.3 is 5.32 Å². The summed E-state index contributed by atoms with van der Waals surface area (Å²) in [6, 6.07) is 12.1. The molecule has 6 nitrogen and oxygen atoms in total. The van der Waals surface area contributed by atoms with Crippen LogP contribution >= 0.6 is 0 Å². The highest BCUT2D eigenvalue weighted by molar-refractivity contribution is 5.72. The van der Waals surface area contributed by atoms with E-state index < -0.39 is 4.92 Å². The van der Waals surface area contributed by atoms with E-state index in [-0.39, 0.29) is 5.69 Å². The smallest absolute Gasteiger partial charge is 0.292 e. The molecule has 2 heterocycles. The van der Waals surface area contributed by atoms with Gasteiger partial charge in [-0.2, -0.15) is 0 Å². The summed E-state index contributed by atoms with van der Waals surface area (Å²) in [5, 5.41) is 14.1. The van der Waals surface area contributed by atoms with E-state index >= 15 is 0 Å². The highest BCUT2D eigenvalue weighted by Gasteiger charge is 2.12. The highest BCUT2D eigenvalue weighted by atomic mass is 16.6. The van der Waals surface area contributed by atoms with Gasteiger partial charge in [-0.05, 0) is 18.2 Å². The molecule has 0 saturated carbocycles. The first-order valence-electron chi connectivity index (χ1n) is 6.60. The van der Waals surface area contributed by atoms with Gasteiger partial charge in [-0.1, -0.05) is 18.2 Å². The molecule has 0 aliphatic heterocycles. The standard InChI is InChI=1S/C16H12N4O2/c21-20(22)16-6-2-1-5-15(16)19-14-8-13(10-18-11-14)12-4-3-7-17-9-12/h1-11,19H. The first-order valence-corrected chi connectivity index (χ1v) is 6.60. The van der Waals surface area contributed by atoms with Gasteiger partial charge in [0.25, 0.3) is 5.69 Å². The van der Waals surface area contributed by atoms with Crippen molar-refractivity contribution in [1.82, 2.24) is 9.97 Å². The number of aromatic nitrogens is 2. The molecule has 3 aromatic rings. The van der Waals surface area contributed by atoms with Crippen molar-refractivity contribution in [1.29, 1.82) is 0 Å². The minimum absolute atomic E-state index is 0.0225. The third-order valence-electron chi connectivity index (χ3n) is 3.11. The fourth-order valence-corrected chi connectivity index (χ4v) is 2.09. The van der Waals surface area contributed by atoms with Crippen LogP contribution in [0.15, 0.2) is 67.3 Å². The summed E-state index contributed by atoms with van der Waals surface area (Å²) in [7, 11) is 0. The van der Waals surface area contributed by atoms with Crippen LogP contribution in [-0.4, -0.2) is 14.9 Å². The topological polar surface area (TPSA) is 81.0 Å². The first kappa shape index (κ1) is 13.7. The lowest BCUT2D eigenvalue weighted by molar-refractivity contribution is -0.383. The molecule has 0 aliphatic rings. The number of hydrogen-bond donors (Lipinski definition) is 1. The predicted octanol–water partition coefficient (Wildman–Crippen LogP) is 3.80. The number of nitro benzene ring substituents is 1. The average Bonchev–Trinajstić information content (AvgIpc) is 2.56. The molecular formula is C16H12N4O2. The first-order chi connectivity index (χ1) is 10.7. The summed E-state index contributed by atoms with van der Waals surface area (Å²) in [6.45, 7) is 0. The molecule has 0 saturated heterocycles. The lowest BCUT2D eigenvalue weighted by Crippen LogP contribution is -1.97. The molecule has 0 atom stereocenters. The van der Waals surface area contributed by atoms with E-state index in [0.29, 0.717) is 11.4 Å². The minimum Gasteiger partial charge on any atom is -0.349 e. The number of rotatable bonds is 4. The Hall–Kier alpha value is -3.28. The molecule has 0 unspecified atom stereocenters. The normalized spacial score (nSPS) is 10.2. The summed E-state index contributed by atoms with van der Waals surface area (Å²) in [5.74, 6) is 0. The highest BCUT2D eigenvalue weighted by Crippen LogP contribution is 2.28. The largest absolute Gasteiger partial charge is 0.349 e. The fourth-order valence-electron chi connectivity index (χ4n) is 2.09. The third kappa shape index (κ3) is 2.90. The summed E-state index contributed by atoms with van der Waals surface area (Å²) in [4.78, 5) is 18.9. The van der Waals surface area contributed by atoms with Crippen molar-refractivity contribution < 1.29 is 4.92 Å². The number of benzene rings is 1. The van der Waals surface area contributed by atoms with Crippen LogP contribution < -0.4 is 5.32 Å². The van der Waals surface area contributed by atoms with Crippen LogP contribution in [0.5, 0.6) is 0 Å². The molecule has 0 spiro atoms. The SMILES string of the molecule is O=[N+]([O-])c1ccccc1Nc1cncc(-c2cccnc2)c1. The van der Waals surface area contributed by atoms with Gasteiger partial charge in [-0.3, -0.25) is 20.1 Å². The quantitative estimate of drug-likeness (QED) is 0.584. The Labute approximate surface area is 126 Å². The molecule has 0 radical (unpaired) electrons. The zero-order chi connectivity index (χ0) is 15.4. The van der Waals surface area contributed by atoms with Crippen molar-refractivity contribution in [3.63, 3.8) is 0 Å². The minimum atomic E-state index is -0.416. The van der Waals surface area contributed by atoms with Gasteiger partial charge in [0.2, 0.25) is 0 Å². The van der Waals surface area contributed by atoms with Crippen molar-refractivity contribution >= 4 is 17.1 Å². The molecule has 0 amide bonds. The molecule has 0 aliphatic carbocycles. The van der Waals surface area contributed by atoms with Crippen molar-refractivity contribution in [2.75, 3.05) is 5.32 Å². The summed E-state index contributed by atoms with van der Waals surface area (Å²) >= 11 is 0. The van der Waals surface area contributed by atoms with Gasteiger partial charge in [-0.15, -0.1) is 0 Å². The lowest BCUT2D eigenvalue weighted by Gasteiger charge is -2.08. The molecule has 6 heteroatoms. The number of hydrogen-bond acceptors (Lipinski definition) is 5. The Morgan fingerprint density at radius 1 is 0.955 bits per heavy atom. The molecule has 0 fully saturated rings. The Balaban J connectivity index is 1.93. The Morgan fingerprint density at radius 3 is 2.55 bits per heavy atom. The fraction of sp³-hybridized carbons (Fsp3) is 0. The summed E-state index contributed by atoms with van der Waals surface area (Å²) in [6.07, 6.45) is 6.79. The van der Waals surface area contributed by atoms with Gasteiger partial charge in [0.15, 0.2) is 0 Å².